The Morgan fingerprint density at radius 1 is 1.04 bits per heavy atom. The molecule has 2 aromatic rings. The van der Waals surface area contributed by atoms with E-state index in [0.29, 0.717) is 17.0 Å². The van der Waals surface area contributed by atoms with Crippen LogP contribution in [-0.2, 0) is 20.7 Å². The standard InChI is InChI=1S/C20H21ClN2O4/c1-27-18(24)11-12-22-20(26)17(13-14-5-3-2-4-6-14)23-19(25)15-7-9-16(21)10-8-15/h2-10,17H,11-13H2,1H3,(H,22,26)(H,23,25). The molecule has 0 fully saturated rings. The summed E-state index contributed by atoms with van der Waals surface area (Å²) in [5.41, 5.74) is 1.31. The molecule has 0 bridgehead atoms. The van der Waals surface area contributed by atoms with Crippen molar-refractivity contribution in [2.75, 3.05) is 13.7 Å². The molecule has 0 aliphatic heterocycles. The molecule has 142 valence electrons. The van der Waals surface area contributed by atoms with Crippen molar-refractivity contribution in [2.45, 2.75) is 18.9 Å². The van der Waals surface area contributed by atoms with Gasteiger partial charge in [-0.1, -0.05) is 41.9 Å². The van der Waals surface area contributed by atoms with Gasteiger partial charge in [0.05, 0.1) is 13.5 Å². The summed E-state index contributed by atoms with van der Waals surface area (Å²) < 4.78 is 4.55. The molecule has 2 rings (SSSR count). The second-order valence-corrected chi connectivity index (χ2v) is 6.28. The first kappa shape index (κ1) is 20.5. The lowest BCUT2D eigenvalue weighted by atomic mass is 10.0. The van der Waals surface area contributed by atoms with E-state index < -0.39 is 12.0 Å². The molecule has 0 radical (unpaired) electrons. The SMILES string of the molecule is COC(=O)CCNC(=O)C(Cc1ccccc1)NC(=O)c1ccc(Cl)cc1. The van der Waals surface area contributed by atoms with Gasteiger partial charge in [-0.3, -0.25) is 14.4 Å². The molecule has 1 atom stereocenters. The predicted molar refractivity (Wildman–Crippen MR) is 102 cm³/mol. The number of benzene rings is 2. The summed E-state index contributed by atoms with van der Waals surface area (Å²) in [7, 11) is 1.29. The van der Waals surface area contributed by atoms with Crippen LogP contribution in [0.1, 0.15) is 22.3 Å². The topological polar surface area (TPSA) is 84.5 Å². The molecule has 6 nitrogen and oxygen atoms in total. The first-order valence-corrected chi connectivity index (χ1v) is 8.82. The third-order valence-electron chi connectivity index (χ3n) is 3.87. The Balaban J connectivity index is 2.06. The van der Waals surface area contributed by atoms with Gasteiger partial charge in [0.25, 0.3) is 5.91 Å². The van der Waals surface area contributed by atoms with Crippen molar-refractivity contribution < 1.29 is 19.1 Å². The maximum Gasteiger partial charge on any atom is 0.307 e. The van der Waals surface area contributed by atoms with E-state index in [-0.39, 0.29) is 24.8 Å². The van der Waals surface area contributed by atoms with Crippen LogP contribution in [0.3, 0.4) is 0 Å². The Bertz CT molecular complexity index is 778. The Labute approximate surface area is 162 Å². The summed E-state index contributed by atoms with van der Waals surface area (Å²) in [5.74, 6) is -1.17. The van der Waals surface area contributed by atoms with Gasteiger partial charge in [0, 0.05) is 23.6 Å². The van der Waals surface area contributed by atoms with Gasteiger partial charge in [0.2, 0.25) is 5.91 Å². The summed E-state index contributed by atoms with van der Waals surface area (Å²) in [4.78, 5) is 36.2. The highest BCUT2D eigenvalue weighted by Gasteiger charge is 2.22. The number of ether oxygens (including phenoxy) is 1. The van der Waals surface area contributed by atoms with Crippen molar-refractivity contribution in [1.82, 2.24) is 10.6 Å². The minimum Gasteiger partial charge on any atom is -0.469 e. The van der Waals surface area contributed by atoms with Crippen LogP contribution in [0.5, 0.6) is 0 Å². The molecule has 27 heavy (non-hydrogen) atoms. The Kier molecular flexibility index (Phi) is 7.82. The van der Waals surface area contributed by atoms with Gasteiger partial charge in [0.15, 0.2) is 0 Å². The first-order chi connectivity index (χ1) is 13.0. The van der Waals surface area contributed by atoms with E-state index in [1.807, 2.05) is 30.3 Å². The lowest BCUT2D eigenvalue weighted by molar-refractivity contribution is -0.140. The molecular weight excluding hydrogens is 368 g/mol. The zero-order valence-corrected chi connectivity index (χ0v) is 15.7. The van der Waals surface area contributed by atoms with Crippen LogP contribution in [0, 0.1) is 0 Å². The highest BCUT2D eigenvalue weighted by molar-refractivity contribution is 6.30. The van der Waals surface area contributed by atoms with Crippen molar-refractivity contribution in [2.24, 2.45) is 0 Å². The molecule has 0 spiro atoms. The van der Waals surface area contributed by atoms with Crippen molar-refractivity contribution >= 4 is 29.4 Å². The fraction of sp³-hybridized carbons (Fsp3) is 0.250. The second-order valence-electron chi connectivity index (χ2n) is 5.84. The molecule has 0 aromatic heterocycles. The summed E-state index contributed by atoms with van der Waals surface area (Å²) in [6, 6.07) is 15.0. The quantitative estimate of drug-likeness (QED) is 0.680. The predicted octanol–water partition coefficient (Wildman–Crippen LogP) is 2.36. The molecule has 0 saturated heterocycles. The van der Waals surface area contributed by atoms with Crippen LogP contribution in [-0.4, -0.2) is 37.5 Å². The monoisotopic (exact) mass is 388 g/mol. The zero-order valence-electron chi connectivity index (χ0n) is 14.9. The molecule has 0 saturated carbocycles. The maximum absolute atomic E-state index is 12.5. The van der Waals surface area contributed by atoms with Gasteiger partial charge in [-0.2, -0.15) is 0 Å². The average Bonchev–Trinajstić information content (AvgIpc) is 2.68. The molecule has 0 aliphatic rings. The number of hydrogen-bond donors (Lipinski definition) is 2. The van der Waals surface area contributed by atoms with Crippen LogP contribution in [0.15, 0.2) is 54.6 Å². The fourth-order valence-corrected chi connectivity index (χ4v) is 2.54. The number of hydrogen-bond acceptors (Lipinski definition) is 4. The van der Waals surface area contributed by atoms with Gasteiger partial charge in [-0.15, -0.1) is 0 Å². The lowest BCUT2D eigenvalue weighted by Gasteiger charge is -2.19. The third kappa shape index (κ3) is 6.75. The average molecular weight is 389 g/mol. The van der Waals surface area contributed by atoms with Crippen molar-refractivity contribution in [3.05, 3.63) is 70.7 Å². The molecule has 0 heterocycles. The number of nitrogens with one attached hydrogen (secondary N) is 2. The van der Waals surface area contributed by atoms with Crippen molar-refractivity contribution in [3.63, 3.8) is 0 Å². The van der Waals surface area contributed by atoms with E-state index in [2.05, 4.69) is 15.4 Å². The summed E-state index contributed by atoms with van der Waals surface area (Å²) in [6.45, 7) is 0.133. The van der Waals surface area contributed by atoms with E-state index in [1.165, 1.54) is 7.11 Å². The van der Waals surface area contributed by atoms with E-state index in [0.717, 1.165) is 5.56 Å². The van der Waals surface area contributed by atoms with Gasteiger partial charge < -0.3 is 15.4 Å². The summed E-state index contributed by atoms with van der Waals surface area (Å²) in [6.07, 6.45) is 0.385. The molecule has 2 aromatic carbocycles. The molecule has 2 N–H and O–H groups in total. The molecule has 1 unspecified atom stereocenters. The lowest BCUT2D eigenvalue weighted by Crippen LogP contribution is -2.48. The molecule has 0 aliphatic carbocycles. The number of methoxy groups -OCH3 is 1. The van der Waals surface area contributed by atoms with Gasteiger partial charge in [0.1, 0.15) is 6.04 Å². The van der Waals surface area contributed by atoms with Gasteiger partial charge >= 0.3 is 5.97 Å². The zero-order chi connectivity index (χ0) is 19.6. The Hall–Kier alpha value is -2.86. The van der Waals surface area contributed by atoms with Crippen LogP contribution in [0.2, 0.25) is 5.02 Å². The number of carbonyl (C=O) groups excluding carboxylic acids is 3. The number of carbonyl (C=O) groups is 3. The smallest absolute Gasteiger partial charge is 0.307 e. The molecular formula is C20H21ClN2O4. The van der Waals surface area contributed by atoms with Crippen LogP contribution >= 0.6 is 11.6 Å². The van der Waals surface area contributed by atoms with E-state index in [9.17, 15) is 14.4 Å². The number of esters is 1. The molecule has 7 heteroatoms. The second kappa shape index (κ2) is 10.3. The summed E-state index contributed by atoms with van der Waals surface area (Å²) in [5, 5.41) is 5.92. The van der Waals surface area contributed by atoms with Gasteiger partial charge in [-0.25, -0.2) is 0 Å². The largest absolute Gasteiger partial charge is 0.469 e. The first-order valence-electron chi connectivity index (χ1n) is 8.44. The maximum atomic E-state index is 12.5. The van der Waals surface area contributed by atoms with Gasteiger partial charge in [-0.05, 0) is 29.8 Å². The minimum atomic E-state index is -0.784. The van der Waals surface area contributed by atoms with Crippen LogP contribution in [0.25, 0.3) is 0 Å². The van der Waals surface area contributed by atoms with E-state index in [1.54, 1.807) is 24.3 Å². The Morgan fingerprint density at radius 2 is 1.70 bits per heavy atom. The number of amides is 2. The minimum absolute atomic E-state index is 0.0609. The van der Waals surface area contributed by atoms with Crippen molar-refractivity contribution in [3.8, 4) is 0 Å². The number of rotatable bonds is 8. The highest BCUT2D eigenvalue weighted by atomic mass is 35.5. The van der Waals surface area contributed by atoms with E-state index in [4.69, 9.17) is 11.6 Å². The Morgan fingerprint density at radius 3 is 2.33 bits per heavy atom. The van der Waals surface area contributed by atoms with E-state index >= 15 is 0 Å². The normalized spacial score (nSPS) is 11.3. The summed E-state index contributed by atoms with van der Waals surface area (Å²) >= 11 is 5.84. The third-order valence-corrected chi connectivity index (χ3v) is 4.12. The number of halogens is 1. The van der Waals surface area contributed by atoms with Crippen LogP contribution < -0.4 is 10.6 Å². The molecule has 2 amide bonds. The van der Waals surface area contributed by atoms with Crippen LogP contribution in [0.4, 0.5) is 0 Å². The fourth-order valence-electron chi connectivity index (χ4n) is 2.41. The highest BCUT2D eigenvalue weighted by Crippen LogP contribution is 2.10. The van der Waals surface area contributed by atoms with Crippen molar-refractivity contribution in [1.29, 1.82) is 0 Å².